The highest BCUT2D eigenvalue weighted by atomic mass is 15.0. The molecule has 0 atom stereocenters. The highest BCUT2D eigenvalue weighted by Gasteiger charge is 2.37. The molecule has 0 radical (unpaired) electrons. The average molecular weight is 1260 g/mol. The van der Waals surface area contributed by atoms with Crippen molar-refractivity contribution < 1.29 is 0 Å². The van der Waals surface area contributed by atoms with Crippen molar-refractivity contribution in [3.05, 3.63) is 351 Å². The van der Waals surface area contributed by atoms with E-state index in [0.29, 0.717) is 0 Å². The molecule has 6 heterocycles. The van der Waals surface area contributed by atoms with E-state index < -0.39 is 0 Å². The second-order valence-electron chi connectivity index (χ2n) is 26.8. The van der Waals surface area contributed by atoms with Gasteiger partial charge in [-0.05, 0) is 196 Å². The summed E-state index contributed by atoms with van der Waals surface area (Å²) in [7, 11) is 0. The van der Waals surface area contributed by atoms with Crippen molar-refractivity contribution in [2.45, 2.75) is 75.0 Å². The molecule has 2 aliphatic carbocycles. The van der Waals surface area contributed by atoms with Crippen molar-refractivity contribution in [3.63, 3.8) is 0 Å². The summed E-state index contributed by atoms with van der Waals surface area (Å²) in [5.74, 6) is 0. The maximum atomic E-state index is 5.02. The first-order chi connectivity index (χ1) is 48.5. The molecule has 0 aliphatic heterocycles. The van der Waals surface area contributed by atoms with Gasteiger partial charge in [0.25, 0.3) is 0 Å². The predicted molar refractivity (Wildman–Crippen MR) is 406 cm³/mol. The molecule has 6 aromatic heterocycles. The van der Waals surface area contributed by atoms with Gasteiger partial charge in [-0.15, -0.1) is 0 Å². The molecule has 472 valence electrons. The minimum atomic E-state index is -0.00386. The number of aromatic nitrogens is 6. The van der Waals surface area contributed by atoms with Crippen LogP contribution in [-0.4, -0.2) is 29.1 Å². The minimum absolute atomic E-state index is 0.00386. The summed E-state index contributed by atoms with van der Waals surface area (Å²) in [6.45, 7) is 0. The quantitative estimate of drug-likeness (QED) is 0.122. The number of para-hydroxylation sites is 4. The lowest BCUT2D eigenvalue weighted by Crippen LogP contribution is -2.30. The van der Waals surface area contributed by atoms with Gasteiger partial charge in [0.2, 0.25) is 0 Å². The van der Waals surface area contributed by atoms with E-state index in [9.17, 15) is 0 Å². The summed E-state index contributed by atoms with van der Waals surface area (Å²) in [6.07, 6.45) is 23.4. The molecular weight excluding hydrogens is 1190 g/mol. The van der Waals surface area contributed by atoms with Gasteiger partial charge in [-0.3, -0.25) is 15.0 Å². The molecule has 10 aromatic carbocycles. The van der Waals surface area contributed by atoms with Gasteiger partial charge in [0.1, 0.15) is 0 Å². The summed E-state index contributed by atoms with van der Waals surface area (Å²) in [5, 5.41) is 5.18. The monoisotopic (exact) mass is 1260 g/mol. The molecule has 98 heavy (non-hydrogen) atoms. The molecule has 0 N–H and O–H groups in total. The Morgan fingerprint density at radius 2 is 0.531 bits per heavy atom. The Balaban J connectivity index is 0.000000147. The van der Waals surface area contributed by atoms with Crippen molar-refractivity contribution >= 4 is 43.6 Å². The molecule has 2 saturated carbocycles. The van der Waals surface area contributed by atoms with E-state index in [1.54, 1.807) is 12.4 Å². The molecule has 0 bridgehead atoms. The summed E-state index contributed by atoms with van der Waals surface area (Å²) in [4.78, 5) is 18.1. The molecule has 18 rings (SSSR count). The van der Waals surface area contributed by atoms with E-state index in [4.69, 9.17) is 4.98 Å². The van der Waals surface area contributed by atoms with Crippen molar-refractivity contribution in [3.8, 4) is 78.4 Å². The first-order valence-electron chi connectivity index (χ1n) is 34.9. The first-order valence-corrected chi connectivity index (χ1v) is 34.9. The largest absolute Gasteiger partial charge is 0.309 e. The zero-order valence-electron chi connectivity index (χ0n) is 54.9. The number of benzene rings is 10. The predicted octanol–water partition coefficient (Wildman–Crippen LogP) is 23.6. The van der Waals surface area contributed by atoms with Crippen molar-refractivity contribution in [1.82, 2.24) is 29.1 Å². The van der Waals surface area contributed by atoms with Crippen LogP contribution < -0.4 is 0 Å². The lowest BCUT2D eigenvalue weighted by atomic mass is 9.65. The summed E-state index contributed by atoms with van der Waals surface area (Å²) >= 11 is 0. The molecule has 0 spiro atoms. The molecule has 6 nitrogen and oxygen atoms in total. The first kappa shape index (κ1) is 60.1. The van der Waals surface area contributed by atoms with Crippen LogP contribution in [0.15, 0.2) is 328 Å². The number of fused-ring (bicyclic) bond motifs is 6. The van der Waals surface area contributed by atoms with Crippen LogP contribution >= 0.6 is 0 Å². The fourth-order valence-electron chi connectivity index (χ4n) is 16.3. The van der Waals surface area contributed by atoms with Gasteiger partial charge in [-0.2, -0.15) is 0 Å². The maximum Gasteiger partial charge on any atom is 0.0731 e. The summed E-state index contributed by atoms with van der Waals surface area (Å²) < 4.78 is 4.82. The van der Waals surface area contributed by atoms with Crippen molar-refractivity contribution in [1.29, 1.82) is 0 Å². The van der Waals surface area contributed by atoms with Crippen LogP contribution in [-0.2, 0) is 10.8 Å². The lowest BCUT2D eigenvalue weighted by Gasteiger charge is -2.39. The van der Waals surface area contributed by atoms with Gasteiger partial charge in [0.15, 0.2) is 0 Å². The van der Waals surface area contributed by atoms with Gasteiger partial charge in [0.05, 0.1) is 33.5 Å². The zero-order valence-corrected chi connectivity index (χ0v) is 54.9. The number of nitrogens with zero attached hydrogens (tertiary/aromatic N) is 6. The van der Waals surface area contributed by atoms with E-state index in [0.717, 1.165) is 46.5 Å². The van der Waals surface area contributed by atoms with E-state index >= 15 is 0 Å². The molecular formula is C92H74N6. The molecule has 0 unspecified atom stereocenters. The van der Waals surface area contributed by atoms with Crippen LogP contribution in [0.4, 0.5) is 0 Å². The molecule has 16 aromatic rings. The van der Waals surface area contributed by atoms with Crippen molar-refractivity contribution in [2.24, 2.45) is 0 Å². The maximum absolute atomic E-state index is 5.02. The fraction of sp³-hybridized carbons (Fsp3) is 0.130. The fourth-order valence-corrected chi connectivity index (χ4v) is 16.3. The van der Waals surface area contributed by atoms with E-state index in [1.165, 1.54) is 162 Å². The van der Waals surface area contributed by atoms with Crippen molar-refractivity contribution in [2.75, 3.05) is 0 Å². The Hall–Kier alpha value is -11.6. The van der Waals surface area contributed by atoms with Gasteiger partial charge in [0, 0.05) is 97.6 Å². The lowest BCUT2D eigenvalue weighted by molar-refractivity contribution is 0.346. The Morgan fingerprint density at radius 1 is 0.235 bits per heavy atom. The number of hydrogen-bond acceptors (Lipinski definition) is 4. The van der Waals surface area contributed by atoms with Crippen LogP contribution in [0.25, 0.3) is 122 Å². The Morgan fingerprint density at radius 3 is 0.888 bits per heavy atom. The topological polar surface area (TPSA) is 61.4 Å². The van der Waals surface area contributed by atoms with Crippen LogP contribution in [0, 0.1) is 0 Å². The third-order valence-corrected chi connectivity index (χ3v) is 21.2. The second kappa shape index (κ2) is 26.2. The Bertz CT molecular complexity index is 4890. The van der Waals surface area contributed by atoms with E-state index in [2.05, 4.69) is 297 Å². The van der Waals surface area contributed by atoms with E-state index in [-0.39, 0.29) is 10.8 Å². The van der Waals surface area contributed by atoms with Gasteiger partial charge in [-0.1, -0.05) is 221 Å². The smallest absolute Gasteiger partial charge is 0.0731 e. The highest BCUT2D eigenvalue weighted by Crippen LogP contribution is 2.48. The molecule has 2 aliphatic rings. The standard InChI is InChI=1S/C47H38N2.C45H36N4/c1-3-12-34(13-4-1)37-30-38(32-39(31-37)36-14-11-29-48-33-36)35-19-21-40(22-20-35)47(27-9-2-10-28-47)41-23-25-42(26-24-41)49-45-17-7-5-15-43(45)44-16-6-8-18-46(44)49;1-6-24-45(25-7-1,37-20-22-38(23-21-37)49-43-14-4-2-12-39(43)40-13-3-5-15-44(40)49)36-18-16-32(17-19-36)35-28-41(33-10-8-26-46-30-33)48-42(29-35)34-11-9-27-47-31-34/h1,3-8,11-26,29-33H,2,9-10,27-28H2;2-5,8-23,26-31H,1,6-7,24-25H2. The van der Waals surface area contributed by atoms with Gasteiger partial charge >= 0.3 is 0 Å². The Kier molecular flexibility index (Phi) is 16.1. The van der Waals surface area contributed by atoms with E-state index in [1.807, 2.05) is 43.0 Å². The molecule has 0 amide bonds. The molecule has 0 saturated heterocycles. The third-order valence-electron chi connectivity index (χ3n) is 21.2. The highest BCUT2D eigenvalue weighted by molar-refractivity contribution is 6.10. The minimum Gasteiger partial charge on any atom is -0.309 e. The second-order valence-corrected chi connectivity index (χ2v) is 26.8. The van der Waals surface area contributed by atoms with Crippen LogP contribution in [0.3, 0.4) is 0 Å². The van der Waals surface area contributed by atoms with Gasteiger partial charge in [-0.25, -0.2) is 4.98 Å². The zero-order chi connectivity index (χ0) is 65.2. The van der Waals surface area contributed by atoms with Crippen LogP contribution in [0.5, 0.6) is 0 Å². The molecule has 6 heteroatoms. The third kappa shape index (κ3) is 11.3. The number of pyridine rings is 4. The number of hydrogen-bond donors (Lipinski definition) is 0. The number of rotatable bonds is 12. The summed E-state index contributed by atoms with van der Waals surface area (Å²) in [6, 6.07) is 107. The molecule has 2 fully saturated rings. The van der Waals surface area contributed by atoms with Crippen LogP contribution in [0.1, 0.15) is 86.5 Å². The normalized spacial score (nSPS) is 14.3. The van der Waals surface area contributed by atoms with Crippen LogP contribution in [0.2, 0.25) is 0 Å². The average Bonchev–Trinajstić information content (AvgIpc) is 1.65. The Labute approximate surface area is 573 Å². The summed E-state index contributed by atoms with van der Waals surface area (Å²) in [5.41, 5.74) is 26.4. The van der Waals surface area contributed by atoms with Gasteiger partial charge < -0.3 is 9.13 Å². The SMILES string of the molecule is c1ccc(-c2cc(-c3ccc(C4(c5ccc(-n6c7ccccc7c7ccccc76)cc5)CCCCC4)cc3)cc(-c3cccnc3)c2)cc1.c1cncc(-c2cc(-c3ccc(C4(c5ccc(-n6c7ccccc7c7ccccc76)cc5)CCCCC4)cc3)cc(-c3cccnc3)n2)c1.